The number of carboxylic acids is 1. The summed E-state index contributed by atoms with van der Waals surface area (Å²) in [6.45, 7) is 4.18. The van der Waals surface area contributed by atoms with E-state index in [1.807, 2.05) is 18.2 Å². The molecule has 0 aliphatic rings. The zero-order valence-electron chi connectivity index (χ0n) is 11.9. The highest BCUT2D eigenvalue weighted by molar-refractivity contribution is 6.03. The van der Waals surface area contributed by atoms with Gasteiger partial charge in [0.05, 0.1) is 11.9 Å². The Morgan fingerprint density at radius 3 is 2.71 bits per heavy atom. The molecular weight excluding hydrogens is 270 g/mol. The van der Waals surface area contributed by atoms with Crippen LogP contribution in [0.2, 0.25) is 0 Å². The first-order chi connectivity index (χ1) is 9.95. The molecule has 1 heterocycles. The van der Waals surface area contributed by atoms with Crippen molar-refractivity contribution >= 4 is 11.9 Å². The minimum absolute atomic E-state index is 0.121. The predicted molar refractivity (Wildman–Crippen MR) is 77.7 cm³/mol. The van der Waals surface area contributed by atoms with E-state index in [2.05, 4.69) is 18.9 Å². The molecule has 0 saturated carbocycles. The molecule has 1 atom stereocenters. The lowest BCUT2D eigenvalue weighted by atomic mass is 9.98. The Hall–Kier alpha value is -2.63. The van der Waals surface area contributed by atoms with E-state index in [4.69, 9.17) is 10.8 Å². The van der Waals surface area contributed by atoms with Gasteiger partial charge in [-0.1, -0.05) is 26.0 Å². The second kappa shape index (κ2) is 5.78. The molecule has 3 N–H and O–H groups in total. The molecule has 6 heteroatoms. The first-order valence-electron chi connectivity index (χ1n) is 6.67. The van der Waals surface area contributed by atoms with E-state index in [1.54, 1.807) is 6.07 Å². The van der Waals surface area contributed by atoms with Gasteiger partial charge in [0, 0.05) is 0 Å². The van der Waals surface area contributed by atoms with E-state index in [9.17, 15) is 9.59 Å². The van der Waals surface area contributed by atoms with Gasteiger partial charge < -0.3 is 10.8 Å². The average Bonchev–Trinajstić information content (AvgIpc) is 2.91. The lowest BCUT2D eigenvalue weighted by Crippen LogP contribution is -2.20. The van der Waals surface area contributed by atoms with Crippen molar-refractivity contribution in [3.05, 3.63) is 47.3 Å². The van der Waals surface area contributed by atoms with Gasteiger partial charge in [-0.15, -0.1) is 0 Å². The SMILES string of the molecule is CCC(C)c1cccc(-n2ncc(C(=O)O)c2C(N)=O)c1. The number of carbonyl (C=O) groups is 2. The minimum atomic E-state index is -1.23. The van der Waals surface area contributed by atoms with Gasteiger partial charge in [0.25, 0.3) is 5.91 Å². The average molecular weight is 287 g/mol. The van der Waals surface area contributed by atoms with Crippen LogP contribution in [0.3, 0.4) is 0 Å². The number of nitrogens with two attached hydrogens (primary N) is 1. The van der Waals surface area contributed by atoms with Crippen LogP contribution >= 0.6 is 0 Å². The van der Waals surface area contributed by atoms with E-state index in [0.717, 1.165) is 18.2 Å². The molecule has 1 aromatic heterocycles. The molecule has 0 aliphatic heterocycles. The predicted octanol–water partition coefficient (Wildman–Crippen LogP) is 2.18. The summed E-state index contributed by atoms with van der Waals surface area (Å²) in [6, 6.07) is 7.49. The quantitative estimate of drug-likeness (QED) is 0.880. The van der Waals surface area contributed by atoms with Crippen LogP contribution in [0.4, 0.5) is 0 Å². The molecule has 0 fully saturated rings. The van der Waals surface area contributed by atoms with Crippen LogP contribution < -0.4 is 5.73 Å². The molecular formula is C15H17N3O3. The molecule has 0 bridgehead atoms. The summed E-state index contributed by atoms with van der Waals surface area (Å²) in [5, 5.41) is 13.1. The van der Waals surface area contributed by atoms with E-state index in [1.165, 1.54) is 4.68 Å². The fourth-order valence-electron chi connectivity index (χ4n) is 2.14. The van der Waals surface area contributed by atoms with Crippen molar-refractivity contribution in [2.24, 2.45) is 5.73 Å². The molecule has 1 amide bonds. The molecule has 21 heavy (non-hydrogen) atoms. The Labute approximate surface area is 122 Å². The maximum atomic E-state index is 11.6. The van der Waals surface area contributed by atoms with Gasteiger partial charge >= 0.3 is 5.97 Å². The number of carbonyl (C=O) groups excluding carboxylic acids is 1. The van der Waals surface area contributed by atoms with Crippen molar-refractivity contribution < 1.29 is 14.7 Å². The van der Waals surface area contributed by atoms with Crippen LogP contribution in [0.15, 0.2) is 30.5 Å². The molecule has 0 radical (unpaired) electrons. The highest BCUT2D eigenvalue weighted by atomic mass is 16.4. The van der Waals surface area contributed by atoms with Crippen molar-refractivity contribution in [2.75, 3.05) is 0 Å². The Kier molecular flexibility index (Phi) is 4.07. The molecule has 0 saturated heterocycles. The fourth-order valence-corrected chi connectivity index (χ4v) is 2.14. The van der Waals surface area contributed by atoms with Crippen LogP contribution in [-0.4, -0.2) is 26.8 Å². The topological polar surface area (TPSA) is 98.2 Å². The van der Waals surface area contributed by atoms with Gasteiger partial charge in [-0.05, 0) is 30.0 Å². The van der Waals surface area contributed by atoms with E-state index in [0.29, 0.717) is 11.6 Å². The zero-order chi connectivity index (χ0) is 15.6. The number of amides is 1. The Balaban J connectivity index is 2.57. The van der Waals surface area contributed by atoms with Crippen molar-refractivity contribution in [2.45, 2.75) is 26.2 Å². The van der Waals surface area contributed by atoms with E-state index < -0.39 is 11.9 Å². The van der Waals surface area contributed by atoms with Crippen LogP contribution in [0.5, 0.6) is 0 Å². The van der Waals surface area contributed by atoms with Gasteiger partial charge in [-0.3, -0.25) is 4.79 Å². The van der Waals surface area contributed by atoms with Gasteiger partial charge in [0.2, 0.25) is 0 Å². The van der Waals surface area contributed by atoms with Crippen LogP contribution in [0.25, 0.3) is 5.69 Å². The summed E-state index contributed by atoms with van der Waals surface area (Å²) < 4.78 is 1.28. The molecule has 2 rings (SSSR count). The third kappa shape index (κ3) is 2.79. The number of primary amides is 1. The summed E-state index contributed by atoms with van der Waals surface area (Å²) in [5.74, 6) is -1.69. The van der Waals surface area contributed by atoms with Crippen molar-refractivity contribution in [1.82, 2.24) is 9.78 Å². The van der Waals surface area contributed by atoms with Gasteiger partial charge in [0.1, 0.15) is 11.3 Å². The molecule has 1 unspecified atom stereocenters. The smallest absolute Gasteiger partial charge is 0.339 e. The third-order valence-electron chi connectivity index (χ3n) is 3.53. The number of hydrogen-bond acceptors (Lipinski definition) is 3. The zero-order valence-corrected chi connectivity index (χ0v) is 11.9. The Bertz CT molecular complexity index is 691. The number of rotatable bonds is 5. The third-order valence-corrected chi connectivity index (χ3v) is 3.53. The molecule has 0 spiro atoms. The summed E-state index contributed by atoms with van der Waals surface area (Å²) in [5.41, 5.74) is 6.69. The summed E-state index contributed by atoms with van der Waals surface area (Å²) in [4.78, 5) is 22.7. The number of aromatic nitrogens is 2. The van der Waals surface area contributed by atoms with Crippen LogP contribution in [-0.2, 0) is 0 Å². The fraction of sp³-hybridized carbons (Fsp3) is 0.267. The van der Waals surface area contributed by atoms with Gasteiger partial charge in [-0.25, -0.2) is 9.48 Å². The number of carboxylic acid groups (broad SMARTS) is 1. The van der Waals surface area contributed by atoms with E-state index in [-0.39, 0.29) is 11.3 Å². The number of nitrogens with zero attached hydrogens (tertiary/aromatic N) is 2. The van der Waals surface area contributed by atoms with Crippen LogP contribution in [0.1, 0.15) is 52.6 Å². The number of aromatic carboxylic acids is 1. The largest absolute Gasteiger partial charge is 0.478 e. The first-order valence-corrected chi connectivity index (χ1v) is 6.67. The lowest BCUT2D eigenvalue weighted by Gasteiger charge is -2.12. The molecule has 0 aliphatic carbocycles. The number of benzene rings is 1. The van der Waals surface area contributed by atoms with Crippen molar-refractivity contribution in [1.29, 1.82) is 0 Å². The van der Waals surface area contributed by atoms with E-state index >= 15 is 0 Å². The second-order valence-electron chi connectivity index (χ2n) is 4.89. The highest BCUT2D eigenvalue weighted by Crippen LogP contribution is 2.22. The van der Waals surface area contributed by atoms with Crippen molar-refractivity contribution in [3.63, 3.8) is 0 Å². The normalized spacial score (nSPS) is 12.1. The molecule has 2 aromatic rings. The summed E-state index contributed by atoms with van der Waals surface area (Å²) >= 11 is 0. The standard InChI is InChI=1S/C15H17N3O3/c1-3-9(2)10-5-4-6-11(7-10)18-13(14(16)19)12(8-17-18)15(20)21/h4-9H,3H2,1-2H3,(H2,16,19)(H,20,21). The lowest BCUT2D eigenvalue weighted by molar-refractivity contribution is 0.0692. The number of hydrogen-bond donors (Lipinski definition) is 2. The Morgan fingerprint density at radius 2 is 2.14 bits per heavy atom. The van der Waals surface area contributed by atoms with Crippen LogP contribution in [0, 0.1) is 0 Å². The van der Waals surface area contributed by atoms with Gasteiger partial charge in [-0.2, -0.15) is 5.10 Å². The summed E-state index contributed by atoms with van der Waals surface area (Å²) in [6.07, 6.45) is 2.12. The monoisotopic (exact) mass is 287 g/mol. The van der Waals surface area contributed by atoms with Gasteiger partial charge in [0.15, 0.2) is 0 Å². The highest BCUT2D eigenvalue weighted by Gasteiger charge is 2.22. The second-order valence-corrected chi connectivity index (χ2v) is 4.89. The maximum Gasteiger partial charge on any atom is 0.339 e. The maximum absolute atomic E-state index is 11.6. The molecule has 6 nitrogen and oxygen atoms in total. The summed E-state index contributed by atoms with van der Waals surface area (Å²) in [7, 11) is 0. The van der Waals surface area contributed by atoms with Crippen molar-refractivity contribution in [3.8, 4) is 5.69 Å². The minimum Gasteiger partial charge on any atom is -0.478 e. The molecule has 110 valence electrons. The first kappa shape index (κ1) is 14.8. The Morgan fingerprint density at radius 1 is 1.43 bits per heavy atom. The molecule has 1 aromatic carbocycles.